The fourth-order valence-electron chi connectivity index (χ4n) is 2.13. The van der Waals surface area contributed by atoms with Crippen molar-refractivity contribution in [3.63, 3.8) is 0 Å². The summed E-state index contributed by atoms with van der Waals surface area (Å²) in [5.74, 6) is 0. The van der Waals surface area contributed by atoms with E-state index < -0.39 is 0 Å². The van der Waals surface area contributed by atoms with E-state index in [9.17, 15) is 0 Å². The maximum Gasteiger partial charge on any atom is 0.0485 e. The fraction of sp³-hybridized carbons (Fsp3) is 0.571. The van der Waals surface area contributed by atoms with E-state index in [1.165, 1.54) is 24.1 Å². The van der Waals surface area contributed by atoms with Gasteiger partial charge in [0, 0.05) is 24.9 Å². The molecule has 0 saturated carbocycles. The van der Waals surface area contributed by atoms with Crippen molar-refractivity contribution in [2.24, 2.45) is 0 Å². The summed E-state index contributed by atoms with van der Waals surface area (Å²) in [6, 6.07) is 9.43. The molecule has 1 aliphatic rings. The van der Waals surface area contributed by atoms with E-state index in [0.29, 0.717) is 6.04 Å². The minimum atomic E-state index is 0.589. The van der Waals surface area contributed by atoms with Gasteiger partial charge in [0.05, 0.1) is 0 Å². The zero-order valence-corrected chi connectivity index (χ0v) is 10.0. The smallest absolute Gasteiger partial charge is 0.0485 e. The minimum Gasteiger partial charge on any atom is -0.382 e. The van der Waals surface area contributed by atoms with Gasteiger partial charge in [0.15, 0.2) is 0 Å². The van der Waals surface area contributed by atoms with Crippen LogP contribution < -0.4 is 5.32 Å². The first-order valence-electron chi connectivity index (χ1n) is 6.31. The summed E-state index contributed by atoms with van der Waals surface area (Å²) in [5.41, 5.74) is 2.67. The van der Waals surface area contributed by atoms with Gasteiger partial charge < -0.3 is 10.1 Å². The number of hydrogen-bond acceptors (Lipinski definition) is 2. The predicted octanol–water partition coefficient (Wildman–Crippen LogP) is 3.23. The van der Waals surface area contributed by atoms with Crippen molar-refractivity contribution >= 4 is 5.69 Å². The molecule has 16 heavy (non-hydrogen) atoms. The van der Waals surface area contributed by atoms with Gasteiger partial charge in [-0.3, -0.25) is 0 Å². The van der Waals surface area contributed by atoms with E-state index in [0.717, 1.165) is 26.1 Å². The van der Waals surface area contributed by atoms with Crippen molar-refractivity contribution in [2.45, 2.75) is 38.6 Å². The normalized spacial score (nSPS) is 17.3. The Morgan fingerprint density at radius 3 is 2.50 bits per heavy atom. The Hall–Kier alpha value is -1.02. The second-order valence-electron chi connectivity index (χ2n) is 4.48. The highest BCUT2D eigenvalue weighted by Gasteiger charge is 2.12. The Labute approximate surface area is 98.0 Å². The fourth-order valence-corrected chi connectivity index (χ4v) is 2.13. The van der Waals surface area contributed by atoms with Gasteiger partial charge in [0.2, 0.25) is 0 Å². The van der Waals surface area contributed by atoms with Gasteiger partial charge in [0.25, 0.3) is 0 Å². The summed E-state index contributed by atoms with van der Waals surface area (Å²) in [7, 11) is 0. The standard InChI is InChI=1S/C14H21NO/c1-2-3-12-4-6-13(7-5-12)15-14-8-10-16-11-9-14/h4-7,14-15H,2-3,8-11H2,1H3. The van der Waals surface area contributed by atoms with Gasteiger partial charge in [-0.15, -0.1) is 0 Å². The first kappa shape index (κ1) is 11.5. The SMILES string of the molecule is CCCc1ccc(NC2CCOCC2)cc1. The molecule has 1 saturated heterocycles. The molecule has 2 nitrogen and oxygen atoms in total. The highest BCUT2D eigenvalue weighted by molar-refractivity contribution is 5.45. The molecule has 1 aromatic rings. The summed E-state index contributed by atoms with van der Waals surface area (Å²) in [5, 5.41) is 3.57. The molecule has 2 heteroatoms. The summed E-state index contributed by atoms with van der Waals surface area (Å²) in [6.45, 7) is 4.01. The molecule has 1 aromatic carbocycles. The van der Waals surface area contributed by atoms with Crippen LogP contribution in [0, 0.1) is 0 Å². The first-order valence-corrected chi connectivity index (χ1v) is 6.31. The van der Waals surface area contributed by atoms with Crippen molar-refractivity contribution in [3.05, 3.63) is 29.8 Å². The van der Waals surface area contributed by atoms with Gasteiger partial charge in [0.1, 0.15) is 0 Å². The number of anilines is 1. The van der Waals surface area contributed by atoms with Crippen molar-refractivity contribution in [3.8, 4) is 0 Å². The molecule has 1 aliphatic heterocycles. The Morgan fingerprint density at radius 2 is 1.88 bits per heavy atom. The van der Waals surface area contributed by atoms with Crippen LogP contribution in [-0.4, -0.2) is 19.3 Å². The highest BCUT2D eigenvalue weighted by atomic mass is 16.5. The zero-order valence-electron chi connectivity index (χ0n) is 10.0. The van der Waals surface area contributed by atoms with E-state index in [1.807, 2.05) is 0 Å². The summed E-state index contributed by atoms with van der Waals surface area (Å²) < 4.78 is 5.35. The molecule has 1 fully saturated rings. The summed E-state index contributed by atoms with van der Waals surface area (Å²) in [4.78, 5) is 0. The van der Waals surface area contributed by atoms with Crippen LogP contribution in [0.4, 0.5) is 5.69 Å². The Morgan fingerprint density at radius 1 is 1.19 bits per heavy atom. The second kappa shape index (κ2) is 5.90. The molecular weight excluding hydrogens is 198 g/mol. The van der Waals surface area contributed by atoms with E-state index >= 15 is 0 Å². The number of rotatable bonds is 4. The monoisotopic (exact) mass is 219 g/mol. The Balaban J connectivity index is 1.88. The van der Waals surface area contributed by atoms with Crippen LogP contribution in [0.5, 0.6) is 0 Å². The maximum atomic E-state index is 5.35. The first-order chi connectivity index (χ1) is 7.88. The molecule has 88 valence electrons. The summed E-state index contributed by atoms with van der Waals surface area (Å²) in [6.07, 6.45) is 4.64. The third kappa shape index (κ3) is 3.24. The molecule has 0 amide bonds. The molecule has 0 bridgehead atoms. The van der Waals surface area contributed by atoms with Crippen LogP contribution >= 0.6 is 0 Å². The average molecular weight is 219 g/mol. The van der Waals surface area contributed by atoms with Gasteiger partial charge >= 0.3 is 0 Å². The van der Waals surface area contributed by atoms with Gasteiger partial charge in [-0.1, -0.05) is 25.5 Å². The minimum absolute atomic E-state index is 0.589. The van der Waals surface area contributed by atoms with Crippen LogP contribution in [0.2, 0.25) is 0 Å². The second-order valence-corrected chi connectivity index (χ2v) is 4.48. The number of hydrogen-bond donors (Lipinski definition) is 1. The van der Waals surface area contributed by atoms with Crippen LogP contribution in [0.15, 0.2) is 24.3 Å². The molecule has 2 rings (SSSR count). The van der Waals surface area contributed by atoms with Crippen molar-refractivity contribution in [1.29, 1.82) is 0 Å². The topological polar surface area (TPSA) is 21.3 Å². The lowest BCUT2D eigenvalue weighted by Crippen LogP contribution is -2.27. The van der Waals surface area contributed by atoms with Crippen LogP contribution in [0.3, 0.4) is 0 Å². The van der Waals surface area contributed by atoms with Gasteiger partial charge in [-0.05, 0) is 37.0 Å². The number of aryl methyl sites for hydroxylation is 1. The largest absolute Gasteiger partial charge is 0.382 e. The van der Waals surface area contributed by atoms with E-state index in [2.05, 4.69) is 36.5 Å². The Kier molecular flexibility index (Phi) is 4.23. The third-order valence-corrected chi connectivity index (χ3v) is 3.08. The van der Waals surface area contributed by atoms with E-state index in [1.54, 1.807) is 0 Å². The maximum absolute atomic E-state index is 5.35. The van der Waals surface area contributed by atoms with Crippen molar-refractivity contribution in [1.82, 2.24) is 0 Å². The summed E-state index contributed by atoms with van der Waals surface area (Å²) >= 11 is 0. The molecule has 0 radical (unpaired) electrons. The number of nitrogens with one attached hydrogen (secondary N) is 1. The molecule has 1 N–H and O–H groups in total. The number of ether oxygens (including phenoxy) is 1. The molecule has 1 heterocycles. The average Bonchev–Trinajstić information content (AvgIpc) is 2.33. The van der Waals surface area contributed by atoms with Crippen molar-refractivity contribution < 1.29 is 4.74 Å². The molecule has 0 aromatic heterocycles. The molecule has 0 spiro atoms. The van der Waals surface area contributed by atoms with E-state index in [-0.39, 0.29) is 0 Å². The molecule has 0 aliphatic carbocycles. The Bertz CT molecular complexity index is 301. The zero-order chi connectivity index (χ0) is 11.2. The quantitative estimate of drug-likeness (QED) is 0.839. The lowest BCUT2D eigenvalue weighted by molar-refractivity contribution is 0.0904. The molecular formula is C14H21NO. The number of benzene rings is 1. The van der Waals surface area contributed by atoms with Gasteiger partial charge in [-0.25, -0.2) is 0 Å². The van der Waals surface area contributed by atoms with Gasteiger partial charge in [-0.2, -0.15) is 0 Å². The lowest BCUT2D eigenvalue weighted by atomic mass is 10.1. The lowest BCUT2D eigenvalue weighted by Gasteiger charge is -2.24. The van der Waals surface area contributed by atoms with Crippen LogP contribution in [0.1, 0.15) is 31.7 Å². The van der Waals surface area contributed by atoms with Crippen LogP contribution in [0.25, 0.3) is 0 Å². The highest BCUT2D eigenvalue weighted by Crippen LogP contribution is 2.16. The predicted molar refractivity (Wildman–Crippen MR) is 67.9 cm³/mol. The van der Waals surface area contributed by atoms with Crippen molar-refractivity contribution in [2.75, 3.05) is 18.5 Å². The van der Waals surface area contributed by atoms with Crippen LogP contribution in [-0.2, 0) is 11.2 Å². The molecule has 0 unspecified atom stereocenters. The van der Waals surface area contributed by atoms with E-state index in [4.69, 9.17) is 4.74 Å². The molecule has 0 atom stereocenters. The third-order valence-electron chi connectivity index (χ3n) is 3.08.